The lowest BCUT2D eigenvalue weighted by molar-refractivity contribution is 0.0512. The number of ether oxygens (including phenoxy) is 1. The molecule has 1 fully saturated rings. The quantitative estimate of drug-likeness (QED) is 0.744. The van der Waals surface area contributed by atoms with Crippen LogP contribution in [0.2, 0.25) is 0 Å². The Morgan fingerprint density at radius 1 is 1.10 bits per heavy atom. The second kappa shape index (κ2) is 8.21. The lowest BCUT2D eigenvalue weighted by Gasteiger charge is -2.34. The summed E-state index contributed by atoms with van der Waals surface area (Å²) in [6.45, 7) is 3.04. The van der Waals surface area contributed by atoms with E-state index in [0.717, 1.165) is 0 Å². The van der Waals surface area contributed by atoms with Crippen LogP contribution in [0.1, 0.15) is 26.6 Å². The first-order valence-corrected chi connectivity index (χ1v) is 10.4. The minimum Gasteiger partial charge on any atom is -0.495 e. The summed E-state index contributed by atoms with van der Waals surface area (Å²) >= 11 is 0. The topological polar surface area (TPSA) is 122 Å². The van der Waals surface area contributed by atoms with Gasteiger partial charge in [0.15, 0.2) is 0 Å². The van der Waals surface area contributed by atoms with Gasteiger partial charge in [0.05, 0.1) is 12.8 Å². The van der Waals surface area contributed by atoms with Gasteiger partial charge in [0.25, 0.3) is 11.8 Å². The largest absolute Gasteiger partial charge is 0.495 e. The molecule has 0 saturated carbocycles. The zero-order valence-corrected chi connectivity index (χ0v) is 17.2. The van der Waals surface area contributed by atoms with Crippen molar-refractivity contribution in [3.8, 4) is 5.75 Å². The average molecular weight is 422 g/mol. The highest BCUT2D eigenvalue weighted by Crippen LogP contribution is 2.25. The number of carbonyl (C=O) groups excluding carboxylic acids is 2. The number of nitrogens with one attached hydrogen (secondary N) is 1. The van der Waals surface area contributed by atoms with Crippen LogP contribution in [0.15, 0.2) is 33.7 Å². The van der Waals surface area contributed by atoms with Crippen molar-refractivity contribution >= 4 is 21.8 Å². The third kappa shape index (κ3) is 4.25. The second-order valence-electron chi connectivity index (χ2n) is 6.49. The zero-order chi connectivity index (χ0) is 21.2. The molecule has 1 N–H and O–H groups in total. The van der Waals surface area contributed by atoms with E-state index in [4.69, 9.17) is 9.26 Å². The number of piperazine rings is 1. The van der Waals surface area contributed by atoms with Crippen LogP contribution < -0.4 is 9.46 Å². The Morgan fingerprint density at radius 2 is 1.72 bits per heavy atom. The Balaban J connectivity index is 1.72. The van der Waals surface area contributed by atoms with Gasteiger partial charge in [-0.05, 0) is 32.2 Å². The van der Waals surface area contributed by atoms with Crippen LogP contribution in [0.4, 0.5) is 0 Å². The molecule has 2 amide bonds. The number of hydrogen-bond donors (Lipinski definition) is 1. The lowest BCUT2D eigenvalue weighted by atomic mass is 10.1. The molecule has 0 spiro atoms. The van der Waals surface area contributed by atoms with Crippen molar-refractivity contribution in [1.29, 1.82) is 0 Å². The third-order valence-corrected chi connectivity index (χ3v) is 6.10. The van der Waals surface area contributed by atoms with Crippen molar-refractivity contribution in [1.82, 2.24) is 19.7 Å². The van der Waals surface area contributed by atoms with E-state index in [1.165, 1.54) is 32.4 Å². The van der Waals surface area contributed by atoms with Gasteiger partial charge in [-0.25, -0.2) is 13.1 Å². The molecule has 1 aromatic heterocycles. The summed E-state index contributed by atoms with van der Waals surface area (Å²) in [6.07, 6.45) is 0. The Bertz CT molecular complexity index is 1020. The molecule has 156 valence electrons. The molecule has 0 bridgehead atoms. The minimum atomic E-state index is -3.79. The van der Waals surface area contributed by atoms with Crippen LogP contribution in [0, 0.1) is 6.92 Å². The van der Waals surface area contributed by atoms with Gasteiger partial charge >= 0.3 is 0 Å². The fourth-order valence-corrected chi connectivity index (χ4v) is 3.96. The van der Waals surface area contributed by atoms with E-state index in [-0.39, 0.29) is 33.8 Å². The van der Waals surface area contributed by atoms with Crippen LogP contribution >= 0.6 is 0 Å². The summed E-state index contributed by atoms with van der Waals surface area (Å²) in [7, 11) is -1.15. The van der Waals surface area contributed by atoms with E-state index in [9.17, 15) is 18.0 Å². The summed E-state index contributed by atoms with van der Waals surface area (Å²) in [5.41, 5.74) is 0.847. The summed E-state index contributed by atoms with van der Waals surface area (Å²) in [4.78, 5) is 28.3. The predicted molar refractivity (Wildman–Crippen MR) is 102 cm³/mol. The number of aromatic nitrogens is 1. The van der Waals surface area contributed by atoms with Crippen LogP contribution in [0.25, 0.3) is 0 Å². The third-order valence-electron chi connectivity index (χ3n) is 4.66. The number of hydrogen-bond acceptors (Lipinski definition) is 7. The molecule has 2 heterocycles. The Kier molecular flexibility index (Phi) is 5.89. The standard InChI is InChI=1S/C18H22N4O6S/c1-12-10-15(28-20-12)18(24)22-8-6-21(7-9-22)17(23)13-4-5-14(27-3)16(11-13)29(25,26)19-2/h4-5,10-11,19H,6-9H2,1-3H3. The first kappa shape index (κ1) is 20.8. The zero-order valence-electron chi connectivity index (χ0n) is 16.3. The molecule has 2 aromatic rings. The van der Waals surface area contributed by atoms with E-state index in [1.54, 1.807) is 22.8 Å². The monoisotopic (exact) mass is 422 g/mol. The van der Waals surface area contributed by atoms with Crippen molar-refractivity contribution in [3.05, 3.63) is 41.3 Å². The van der Waals surface area contributed by atoms with E-state index in [0.29, 0.717) is 31.9 Å². The van der Waals surface area contributed by atoms with Gasteiger partial charge in [0.1, 0.15) is 10.6 Å². The first-order valence-electron chi connectivity index (χ1n) is 8.90. The molecule has 1 saturated heterocycles. The van der Waals surface area contributed by atoms with Gasteiger partial charge in [-0.1, -0.05) is 5.16 Å². The SMILES string of the molecule is CNS(=O)(=O)c1cc(C(=O)N2CCN(C(=O)c3cc(C)no3)CC2)ccc1OC. The molecule has 1 aromatic carbocycles. The van der Waals surface area contributed by atoms with Gasteiger partial charge < -0.3 is 19.1 Å². The van der Waals surface area contributed by atoms with Crippen molar-refractivity contribution in [2.75, 3.05) is 40.3 Å². The van der Waals surface area contributed by atoms with Gasteiger partial charge in [0.2, 0.25) is 15.8 Å². The molecular formula is C18H22N4O6S. The number of carbonyl (C=O) groups is 2. The van der Waals surface area contributed by atoms with E-state index in [1.807, 2.05) is 0 Å². The minimum absolute atomic E-state index is 0.108. The Labute approximate surface area is 168 Å². The number of nitrogens with zero attached hydrogens (tertiary/aromatic N) is 3. The highest BCUT2D eigenvalue weighted by Gasteiger charge is 2.28. The molecule has 0 unspecified atom stereocenters. The predicted octanol–water partition coefficient (Wildman–Crippen LogP) is 0.498. The molecular weight excluding hydrogens is 400 g/mol. The summed E-state index contributed by atoms with van der Waals surface area (Å²) in [6, 6.07) is 5.83. The molecule has 0 radical (unpaired) electrons. The van der Waals surface area contributed by atoms with Gasteiger partial charge in [0, 0.05) is 37.8 Å². The maximum atomic E-state index is 12.9. The van der Waals surface area contributed by atoms with Gasteiger partial charge in [-0.2, -0.15) is 0 Å². The summed E-state index contributed by atoms with van der Waals surface area (Å²) in [5, 5.41) is 3.71. The lowest BCUT2D eigenvalue weighted by Crippen LogP contribution is -2.50. The van der Waals surface area contributed by atoms with Crippen LogP contribution in [-0.2, 0) is 10.0 Å². The molecule has 3 rings (SSSR count). The van der Waals surface area contributed by atoms with Crippen LogP contribution in [-0.4, -0.2) is 75.5 Å². The normalized spacial score (nSPS) is 14.7. The van der Waals surface area contributed by atoms with E-state index >= 15 is 0 Å². The van der Waals surface area contributed by atoms with Gasteiger partial charge in [-0.3, -0.25) is 9.59 Å². The number of methoxy groups -OCH3 is 1. The maximum absolute atomic E-state index is 12.9. The average Bonchev–Trinajstić information content (AvgIpc) is 3.18. The number of amides is 2. The molecule has 10 nitrogen and oxygen atoms in total. The number of benzene rings is 1. The van der Waals surface area contributed by atoms with Crippen molar-refractivity contribution in [2.24, 2.45) is 0 Å². The Morgan fingerprint density at radius 3 is 2.24 bits per heavy atom. The fraction of sp³-hybridized carbons (Fsp3) is 0.389. The van der Waals surface area contributed by atoms with E-state index in [2.05, 4.69) is 9.88 Å². The second-order valence-corrected chi connectivity index (χ2v) is 8.35. The number of sulfonamides is 1. The number of aryl methyl sites for hydroxylation is 1. The van der Waals surface area contributed by atoms with Crippen molar-refractivity contribution in [2.45, 2.75) is 11.8 Å². The molecule has 1 aliphatic rings. The van der Waals surface area contributed by atoms with E-state index < -0.39 is 10.0 Å². The smallest absolute Gasteiger partial charge is 0.292 e. The van der Waals surface area contributed by atoms with Crippen LogP contribution in [0.5, 0.6) is 5.75 Å². The van der Waals surface area contributed by atoms with Crippen molar-refractivity contribution in [3.63, 3.8) is 0 Å². The highest BCUT2D eigenvalue weighted by molar-refractivity contribution is 7.89. The molecule has 0 atom stereocenters. The number of rotatable bonds is 5. The van der Waals surface area contributed by atoms with Crippen molar-refractivity contribution < 1.29 is 27.3 Å². The molecule has 0 aliphatic carbocycles. The highest BCUT2D eigenvalue weighted by atomic mass is 32.2. The fourth-order valence-electron chi connectivity index (χ4n) is 3.05. The Hall–Kier alpha value is -2.92. The maximum Gasteiger partial charge on any atom is 0.292 e. The van der Waals surface area contributed by atoms with Crippen LogP contribution in [0.3, 0.4) is 0 Å². The van der Waals surface area contributed by atoms with Gasteiger partial charge in [-0.15, -0.1) is 0 Å². The first-order chi connectivity index (χ1) is 13.8. The molecule has 1 aliphatic heterocycles. The summed E-state index contributed by atoms with van der Waals surface area (Å²) < 4.78 is 36.7. The molecule has 29 heavy (non-hydrogen) atoms. The summed E-state index contributed by atoms with van der Waals surface area (Å²) in [5.74, 6) is -0.277. The molecule has 11 heteroatoms.